The number of carbonyl (C=O) groups excluding carboxylic acids is 1. The zero-order chi connectivity index (χ0) is 20.2. The number of nitrogens with zero attached hydrogens (tertiary/aromatic N) is 1. The van der Waals surface area contributed by atoms with Gasteiger partial charge in [0.25, 0.3) is 0 Å². The number of rotatable bonds is 4. The Bertz CT molecular complexity index is 1120. The quantitative estimate of drug-likeness (QED) is 0.639. The third kappa shape index (κ3) is 2.50. The molecular formula is C24H23NO4. The van der Waals surface area contributed by atoms with Crippen LogP contribution in [0, 0.1) is 13.8 Å². The molecule has 2 aromatic carbocycles. The summed E-state index contributed by atoms with van der Waals surface area (Å²) in [7, 11) is 0. The molecule has 29 heavy (non-hydrogen) atoms. The largest absolute Gasteiger partial charge is 0.464 e. The second-order valence-electron chi connectivity index (χ2n) is 7.70. The molecule has 1 amide bonds. The highest BCUT2D eigenvalue weighted by molar-refractivity contribution is 6.10. The van der Waals surface area contributed by atoms with E-state index >= 15 is 0 Å². The first-order valence-corrected chi connectivity index (χ1v) is 9.92. The number of anilines is 1. The zero-order valence-corrected chi connectivity index (χ0v) is 16.8. The number of fused-ring (bicyclic) bond motifs is 2. The maximum absolute atomic E-state index is 14.0. The van der Waals surface area contributed by atoms with Gasteiger partial charge in [0.05, 0.1) is 6.54 Å². The average molecular weight is 389 g/mol. The standard InChI is InChI=1S/C24H23NO4/c1-4-24(19-12-22-21(11-15(19)2)27-14-28-22)18-7-5-6-8-20(18)25(23(24)26)13-17-10-9-16(3)29-17/h5-12H,4,13-14H2,1-3H3/t24-/m0/s1. The van der Waals surface area contributed by atoms with Crippen molar-refractivity contribution in [2.75, 3.05) is 11.7 Å². The molecule has 0 saturated carbocycles. The number of aryl methyl sites for hydroxylation is 2. The van der Waals surface area contributed by atoms with E-state index in [-0.39, 0.29) is 12.7 Å². The summed E-state index contributed by atoms with van der Waals surface area (Å²) < 4.78 is 16.9. The van der Waals surface area contributed by atoms with Crippen LogP contribution in [0.2, 0.25) is 0 Å². The fourth-order valence-electron chi connectivity index (χ4n) is 4.70. The van der Waals surface area contributed by atoms with Crippen LogP contribution in [0.4, 0.5) is 5.69 Å². The number of benzene rings is 2. The first-order chi connectivity index (χ1) is 14.0. The molecule has 2 aliphatic heterocycles. The highest BCUT2D eigenvalue weighted by atomic mass is 16.7. The van der Waals surface area contributed by atoms with E-state index in [0.29, 0.717) is 18.7 Å². The molecule has 0 bridgehead atoms. The lowest BCUT2D eigenvalue weighted by Crippen LogP contribution is -2.41. The maximum Gasteiger partial charge on any atom is 0.242 e. The van der Waals surface area contributed by atoms with Crippen molar-refractivity contribution in [1.29, 1.82) is 0 Å². The molecule has 0 fully saturated rings. The molecule has 5 rings (SSSR count). The molecule has 0 radical (unpaired) electrons. The summed E-state index contributed by atoms with van der Waals surface area (Å²) in [4.78, 5) is 15.8. The molecule has 5 nitrogen and oxygen atoms in total. The topological polar surface area (TPSA) is 51.9 Å². The van der Waals surface area contributed by atoms with Gasteiger partial charge in [0, 0.05) is 5.69 Å². The van der Waals surface area contributed by atoms with E-state index in [4.69, 9.17) is 13.9 Å². The van der Waals surface area contributed by atoms with Crippen LogP contribution in [0.5, 0.6) is 11.5 Å². The highest BCUT2D eigenvalue weighted by Gasteiger charge is 2.51. The van der Waals surface area contributed by atoms with Gasteiger partial charge in [-0.3, -0.25) is 4.79 Å². The van der Waals surface area contributed by atoms with Gasteiger partial charge in [-0.15, -0.1) is 0 Å². The number of amides is 1. The minimum Gasteiger partial charge on any atom is -0.464 e. The Morgan fingerprint density at radius 3 is 2.48 bits per heavy atom. The predicted molar refractivity (Wildman–Crippen MR) is 109 cm³/mol. The van der Waals surface area contributed by atoms with Crippen molar-refractivity contribution in [3.63, 3.8) is 0 Å². The zero-order valence-electron chi connectivity index (χ0n) is 16.8. The van der Waals surface area contributed by atoms with Crippen molar-refractivity contribution in [2.45, 2.75) is 39.2 Å². The molecule has 0 unspecified atom stereocenters. The summed E-state index contributed by atoms with van der Waals surface area (Å²) >= 11 is 0. The average Bonchev–Trinajstić information content (AvgIpc) is 3.40. The van der Waals surface area contributed by atoms with E-state index < -0.39 is 5.41 Å². The van der Waals surface area contributed by atoms with Gasteiger partial charge >= 0.3 is 0 Å². The fraction of sp³-hybridized carbons (Fsp3) is 0.292. The van der Waals surface area contributed by atoms with Gasteiger partial charge in [0.2, 0.25) is 12.7 Å². The molecule has 2 aliphatic rings. The Labute approximate surface area is 169 Å². The minimum atomic E-state index is -0.761. The molecule has 5 heteroatoms. The highest BCUT2D eigenvalue weighted by Crippen LogP contribution is 2.51. The fourth-order valence-corrected chi connectivity index (χ4v) is 4.70. The van der Waals surface area contributed by atoms with Crippen LogP contribution in [0.1, 0.15) is 41.6 Å². The molecule has 1 atom stereocenters. The second-order valence-corrected chi connectivity index (χ2v) is 7.70. The van der Waals surface area contributed by atoms with Crippen molar-refractivity contribution in [3.8, 4) is 11.5 Å². The summed E-state index contributed by atoms with van der Waals surface area (Å²) in [6.07, 6.45) is 0.650. The Kier molecular flexibility index (Phi) is 3.95. The summed E-state index contributed by atoms with van der Waals surface area (Å²) in [6, 6.07) is 15.9. The molecular weight excluding hydrogens is 366 g/mol. The Morgan fingerprint density at radius 1 is 1.00 bits per heavy atom. The molecule has 0 N–H and O–H groups in total. The maximum atomic E-state index is 14.0. The third-order valence-electron chi connectivity index (χ3n) is 6.08. The van der Waals surface area contributed by atoms with Crippen molar-refractivity contribution >= 4 is 11.6 Å². The normalized spacial score (nSPS) is 19.7. The van der Waals surface area contributed by atoms with E-state index in [1.807, 2.05) is 61.2 Å². The van der Waals surface area contributed by atoms with Crippen LogP contribution >= 0.6 is 0 Å². The van der Waals surface area contributed by atoms with Crippen LogP contribution in [0.15, 0.2) is 52.9 Å². The van der Waals surface area contributed by atoms with Gasteiger partial charge in [-0.25, -0.2) is 0 Å². The number of ether oxygens (including phenoxy) is 2. The molecule has 0 spiro atoms. The molecule has 3 aromatic rings. The van der Waals surface area contributed by atoms with E-state index in [2.05, 4.69) is 13.0 Å². The molecule has 3 heterocycles. The number of hydrogen-bond acceptors (Lipinski definition) is 4. The van der Waals surface area contributed by atoms with Crippen molar-refractivity contribution < 1.29 is 18.7 Å². The van der Waals surface area contributed by atoms with Crippen LogP contribution in [0.3, 0.4) is 0 Å². The minimum absolute atomic E-state index is 0.0669. The Balaban J connectivity index is 1.68. The number of hydrogen-bond donors (Lipinski definition) is 0. The third-order valence-corrected chi connectivity index (χ3v) is 6.08. The van der Waals surface area contributed by atoms with E-state index in [0.717, 1.165) is 39.6 Å². The van der Waals surface area contributed by atoms with Crippen LogP contribution in [-0.2, 0) is 16.8 Å². The smallest absolute Gasteiger partial charge is 0.242 e. The van der Waals surface area contributed by atoms with Gasteiger partial charge in [0.1, 0.15) is 16.9 Å². The van der Waals surface area contributed by atoms with Crippen molar-refractivity contribution in [3.05, 3.63) is 76.7 Å². The van der Waals surface area contributed by atoms with Gasteiger partial charge in [-0.05, 0) is 67.3 Å². The first kappa shape index (κ1) is 17.9. The van der Waals surface area contributed by atoms with Crippen LogP contribution < -0.4 is 14.4 Å². The van der Waals surface area contributed by atoms with Crippen molar-refractivity contribution in [2.24, 2.45) is 0 Å². The summed E-state index contributed by atoms with van der Waals surface area (Å²) in [6.45, 7) is 6.64. The van der Waals surface area contributed by atoms with E-state index in [1.54, 1.807) is 0 Å². The summed E-state index contributed by atoms with van der Waals surface area (Å²) in [5, 5.41) is 0. The molecule has 1 aromatic heterocycles. The summed E-state index contributed by atoms with van der Waals surface area (Å²) in [5.41, 5.74) is 3.20. The van der Waals surface area contributed by atoms with Crippen molar-refractivity contribution in [1.82, 2.24) is 0 Å². The van der Waals surface area contributed by atoms with E-state index in [9.17, 15) is 4.79 Å². The lowest BCUT2D eigenvalue weighted by molar-refractivity contribution is -0.122. The lowest BCUT2D eigenvalue weighted by Gasteiger charge is -2.30. The first-order valence-electron chi connectivity index (χ1n) is 9.92. The van der Waals surface area contributed by atoms with E-state index in [1.165, 1.54) is 0 Å². The monoisotopic (exact) mass is 389 g/mol. The lowest BCUT2D eigenvalue weighted by atomic mass is 9.71. The molecule has 0 aliphatic carbocycles. The van der Waals surface area contributed by atoms with Gasteiger partial charge in [0.15, 0.2) is 11.5 Å². The van der Waals surface area contributed by atoms with Gasteiger partial charge < -0.3 is 18.8 Å². The Morgan fingerprint density at radius 2 is 1.76 bits per heavy atom. The van der Waals surface area contributed by atoms with Crippen LogP contribution in [-0.4, -0.2) is 12.7 Å². The second kappa shape index (κ2) is 6.41. The molecule has 0 saturated heterocycles. The number of para-hydroxylation sites is 1. The Hall–Kier alpha value is -3.21. The summed E-state index contributed by atoms with van der Waals surface area (Å²) in [5.74, 6) is 3.12. The van der Waals surface area contributed by atoms with Gasteiger partial charge in [-0.2, -0.15) is 0 Å². The SMILES string of the molecule is CC[C@]1(c2cc3c(cc2C)OCO3)C(=O)N(Cc2ccc(C)o2)c2ccccc21. The number of carbonyl (C=O) groups is 1. The van der Waals surface area contributed by atoms with Gasteiger partial charge in [-0.1, -0.05) is 25.1 Å². The number of furan rings is 1. The molecule has 148 valence electrons. The predicted octanol–water partition coefficient (Wildman–Crippen LogP) is 4.87. The van der Waals surface area contributed by atoms with Crippen LogP contribution in [0.25, 0.3) is 0 Å².